The number of amidine groups is 1. The molecular weight excluding hydrogens is 761 g/mol. The first-order valence-electron chi connectivity index (χ1n) is 20.9. The Labute approximate surface area is 354 Å². The smallest absolute Gasteiger partial charge is 0.157 e. The van der Waals surface area contributed by atoms with Crippen molar-refractivity contribution < 1.29 is 0 Å². The zero-order chi connectivity index (χ0) is 40.9. The van der Waals surface area contributed by atoms with Crippen LogP contribution in [0.5, 0.6) is 0 Å². The monoisotopic (exact) mass is 796 g/mol. The third-order valence-corrected chi connectivity index (χ3v) is 12.5. The van der Waals surface area contributed by atoms with Gasteiger partial charge >= 0.3 is 0 Å². The van der Waals surface area contributed by atoms with E-state index in [2.05, 4.69) is 200 Å². The molecule has 0 spiro atoms. The van der Waals surface area contributed by atoms with E-state index in [0.717, 1.165) is 82.3 Å². The second-order valence-corrected chi connectivity index (χ2v) is 15.9. The van der Waals surface area contributed by atoms with Crippen molar-refractivity contribution in [2.45, 2.75) is 0 Å². The fraction of sp³-hybridized carbons (Fsp3) is 0.0185. The highest BCUT2D eigenvalue weighted by Gasteiger charge is 2.22. The lowest BCUT2D eigenvalue weighted by Crippen LogP contribution is -2.21. The second kappa shape index (κ2) is 13.3. The molecule has 0 saturated carbocycles. The van der Waals surface area contributed by atoms with Crippen molar-refractivity contribution in [3.8, 4) is 11.4 Å². The molecule has 8 aromatic carbocycles. The Bertz CT molecular complexity index is 3950. The number of fused-ring (bicyclic) bond motifs is 13. The first-order chi connectivity index (χ1) is 30.7. The second-order valence-electron chi connectivity index (χ2n) is 15.9. The lowest BCUT2D eigenvalue weighted by Gasteiger charge is -2.12. The number of hydrogen-bond acceptors (Lipinski definition) is 3. The minimum atomic E-state index is 0.335. The van der Waals surface area contributed by atoms with E-state index in [0.29, 0.717) is 24.0 Å². The van der Waals surface area contributed by atoms with Crippen LogP contribution < -0.4 is 5.73 Å². The van der Waals surface area contributed by atoms with E-state index in [4.69, 9.17) is 20.7 Å². The SMILES string of the molecule is N/C(=C\N=C1CN=CC(n2c3ccccc3c3cc4c(cc32)c2ccccc2n4-c2ccccc2)=N1)n1c2ccccc2c2ccc3c(c4ccccc4n3-c3ccccc3)c21. The first-order valence-corrected chi connectivity index (χ1v) is 20.9. The Hall–Kier alpha value is -8.49. The number of rotatable bonds is 4. The van der Waals surface area contributed by atoms with Crippen LogP contribution in [0.15, 0.2) is 203 Å². The maximum absolute atomic E-state index is 7.18. The van der Waals surface area contributed by atoms with Gasteiger partial charge in [-0.2, -0.15) is 0 Å². The summed E-state index contributed by atoms with van der Waals surface area (Å²) >= 11 is 0. The molecule has 0 bridgehead atoms. The van der Waals surface area contributed by atoms with Gasteiger partial charge in [0.1, 0.15) is 5.82 Å². The van der Waals surface area contributed by atoms with Crippen molar-refractivity contribution in [2.75, 3.05) is 6.54 Å². The Morgan fingerprint density at radius 2 is 0.968 bits per heavy atom. The Morgan fingerprint density at radius 3 is 1.61 bits per heavy atom. The predicted octanol–water partition coefficient (Wildman–Crippen LogP) is 12.2. The standard InChI is InChI=1S/C54H36N8/c55-50(62-45-25-13-7-19-36(45)39-27-28-47-53(54(39)62)40-22-10-14-26-46(40)59(47)34-15-3-1-4-16-34)31-57-51-32-56-33-52(58-51)61-44-24-12-9-21-38(44)42-29-48-41(30-49(42)61)37-20-8-11-23-43(37)60(48)35-17-5-2-6-18-35/h1-31,33H,32,55H2/b50-31+,57-51?. The van der Waals surface area contributed by atoms with Crippen LogP contribution in [0, 0.1) is 0 Å². The van der Waals surface area contributed by atoms with Crippen LogP contribution in [-0.2, 0) is 0 Å². The van der Waals surface area contributed by atoms with Gasteiger partial charge in [-0.15, -0.1) is 0 Å². The predicted molar refractivity (Wildman–Crippen MR) is 260 cm³/mol. The third kappa shape index (κ3) is 4.92. The molecule has 0 radical (unpaired) electrons. The van der Waals surface area contributed by atoms with Crippen molar-refractivity contribution in [1.29, 1.82) is 0 Å². The minimum Gasteiger partial charge on any atom is -0.384 e. The van der Waals surface area contributed by atoms with Crippen LogP contribution in [0.1, 0.15) is 0 Å². The number of nitrogens with two attached hydrogens (primary N) is 1. The zero-order valence-corrected chi connectivity index (χ0v) is 33.4. The van der Waals surface area contributed by atoms with E-state index < -0.39 is 0 Å². The summed E-state index contributed by atoms with van der Waals surface area (Å²) in [5.74, 6) is 1.77. The molecule has 8 nitrogen and oxygen atoms in total. The lowest BCUT2D eigenvalue weighted by molar-refractivity contribution is 1.16. The van der Waals surface area contributed by atoms with Gasteiger partial charge in [-0.05, 0) is 66.7 Å². The van der Waals surface area contributed by atoms with Crippen molar-refractivity contribution in [3.63, 3.8) is 0 Å². The van der Waals surface area contributed by atoms with E-state index in [1.807, 2.05) is 6.21 Å². The van der Waals surface area contributed by atoms with E-state index >= 15 is 0 Å². The Morgan fingerprint density at radius 1 is 0.468 bits per heavy atom. The van der Waals surface area contributed by atoms with E-state index in [1.165, 1.54) is 16.3 Å². The topological polar surface area (TPSA) is 82.8 Å². The van der Waals surface area contributed by atoms with Crippen LogP contribution in [0.4, 0.5) is 0 Å². The van der Waals surface area contributed by atoms with Crippen LogP contribution in [0.3, 0.4) is 0 Å². The molecule has 1 aliphatic heterocycles. The molecule has 8 heteroatoms. The average molecular weight is 797 g/mol. The summed E-state index contributed by atoms with van der Waals surface area (Å²) in [6.45, 7) is 0.335. The fourth-order valence-electron chi connectivity index (χ4n) is 9.95. The summed E-state index contributed by atoms with van der Waals surface area (Å²) in [5, 5.41) is 9.20. The number of para-hydroxylation sites is 6. The summed E-state index contributed by atoms with van der Waals surface area (Å²) in [7, 11) is 0. The Balaban J connectivity index is 0.993. The van der Waals surface area contributed by atoms with E-state index in [9.17, 15) is 0 Å². The summed E-state index contributed by atoms with van der Waals surface area (Å²) in [4.78, 5) is 15.0. The Kier molecular flexibility index (Phi) is 7.35. The van der Waals surface area contributed by atoms with Gasteiger partial charge in [-0.1, -0.05) is 115 Å². The van der Waals surface area contributed by atoms with Gasteiger partial charge in [0.25, 0.3) is 0 Å². The van der Waals surface area contributed by atoms with Gasteiger partial charge in [0.15, 0.2) is 11.7 Å². The molecule has 12 aromatic rings. The van der Waals surface area contributed by atoms with Gasteiger partial charge in [-0.25, -0.2) is 9.98 Å². The van der Waals surface area contributed by atoms with Gasteiger partial charge < -0.3 is 14.9 Å². The third-order valence-electron chi connectivity index (χ3n) is 12.5. The van der Waals surface area contributed by atoms with Crippen molar-refractivity contribution in [3.05, 3.63) is 188 Å². The molecule has 13 rings (SSSR count). The zero-order valence-electron chi connectivity index (χ0n) is 33.4. The molecule has 0 saturated heterocycles. The highest BCUT2D eigenvalue weighted by Crippen LogP contribution is 2.42. The van der Waals surface area contributed by atoms with Gasteiger partial charge in [-0.3, -0.25) is 14.1 Å². The molecule has 5 heterocycles. The maximum atomic E-state index is 7.18. The number of aromatic nitrogens is 4. The van der Waals surface area contributed by atoms with Gasteiger partial charge in [0.2, 0.25) is 0 Å². The van der Waals surface area contributed by atoms with Gasteiger partial charge in [0, 0.05) is 54.5 Å². The summed E-state index contributed by atoms with van der Waals surface area (Å²) < 4.78 is 9.07. The number of aliphatic imine (C=N–C) groups is 3. The van der Waals surface area contributed by atoms with Crippen LogP contribution in [0.2, 0.25) is 0 Å². The van der Waals surface area contributed by atoms with Crippen molar-refractivity contribution >= 4 is 111 Å². The number of benzene rings is 8. The summed E-state index contributed by atoms with van der Waals surface area (Å²) in [6.07, 6.45) is 3.61. The lowest BCUT2D eigenvalue weighted by atomic mass is 10.1. The largest absolute Gasteiger partial charge is 0.384 e. The number of hydrogen-bond donors (Lipinski definition) is 1. The maximum Gasteiger partial charge on any atom is 0.157 e. The summed E-state index contributed by atoms with van der Waals surface area (Å²) in [6, 6.07) is 64.4. The number of nitrogens with zero attached hydrogens (tertiary/aromatic N) is 7. The molecule has 0 aliphatic carbocycles. The van der Waals surface area contributed by atoms with Crippen LogP contribution in [-0.4, -0.2) is 42.7 Å². The van der Waals surface area contributed by atoms with Crippen LogP contribution >= 0.6 is 0 Å². The van der Waals surface area contributed by atoms with Crippen LogP contribution in [0.25, 0.3) is 104 Å². The van der Waals surface area contributed by atoms with Crippen molar-refractivity contribution in [1.82, 2.24) is 18.3 Å². The summed E-state index contributed by atoms with van der Waals surface area (Å²) in [5.41, 5.74) is 18.1. The van der Waals surface area contributed by atoms with Gasteiger partial charge in [0.05, 0.1) is 63.1 Å². The van der Waals surface area contributed by atoms with E-state index in [1.54, 1.807) is 6.20 Å². The van der Waals surface area contributed by atoms with E-state index in [-0.39, 0.29) is 0 Å². The molecule has 0 fully saturated rings. The molecule has 0 unspecified atom stereocenters. The van der Waals surface area contributed by atoms with Crippen molar-refractivity contribution in [2.24, 2.45) is 20.7 Å². The average Bonchev–Trinajstić information content (AvgIpc) is 4.05. The molecule has 62 heavy (non-hydrogen) atoms. The highest BCUT2D eigenvalue weighted by molar-refractivity contribution is 6.38. The highest BCUT2D eigenvalue weighted by atomic mass is 15.1. The molecule has 2 N–H and O–H groups in total. The molecule has 0 atom stereocenters. The molecule has 292 valence electrons. The fourth-order valence-corrected chi connectivity index (χ4v) is 9.95. The quantitative estimate of drug-likeness (QED) is 0.189. The first kappa shape index (κ1) is 34.4. The molecule has 0 amide bonds. The minimum absolute atomic E-state index is 0.335. The molecule has 4 aromatic heterocycles. The molecular formula is C54H36N8. The molecule has 1 aliphatic rings. The normalized spacial score (nSPS) is 14.3.